The largest absolute Gasteiger partial charge is 0.463 e. The molecule has 8 nitrogen and oxygen atoms in total. The summed E-state index contributed by atoms with van der Waals surface area (Å²) in [5, 5.41) is 26.1. The number of carbonyl (C=O) groups is 2. The first kappa shape index (κ1) is 44.4. The highest BCUT2D eigenvalue weighted by Gasteiger charge is 2.07. The molecule has 0 spiro atoms. The fourth-order valence-corrected chi connectivity index (χ4v) is 4.37. The van der Waals surface area contributed by atoms with E-state index in [9.17, 15) is 9.59 Å². The summed E-state index contributed by atoms with van der Waals surface area (Å²) in [5.74, 6) is -0.440. The third kappa shape index (κ3) is 40.3. The van der Waals surface area contributed by atoms with Crippen molar-refractivity contribution in [3.8, 4) is 0 Å². The number of hydrogen-bond donors (Lipinski definition) is 3. The Morgan fingerprint density at radius 2 is 1.11 bits per heavy atom. The lowest BCUT2D eigenvalue weighted by Crippen LogP contribution is -2.21. The minimum atomic E-state index is -0.959. The highest BCUT2D eigenvalue weighted by Crippen LogP contribution is 2.11. The van der Waals surface area contributed by atoms with Crippen LogP contribution >= 0.6 is 0 Å². The van der Waals surface area contributed by atoms with Gasteiger partial charge in [0.05, 0.1) is 26.4 Å². The lowest BCUT2D eigenvalue weighted by Gasteiger charge is -2.08. The van der Waals surface area contributed by atoms with Gasteiger partial charge in [-0.3, -0.25) is 9.59 Å². The second-order valence-corrected chi connectivity index (χ2v) is 11.4. The number of carbonyl (C=O) groups excluding carboxylic acids is 2. The van der Waals surface area contributed by atoms with E-state index in [4.69, 9.17) is 29.5 Å². The van der Waals surface area contributed by atoms with E-state index in [0.717, 1.165) is 38.5 Å². The quantitative estimate of drug-likeness (QED) is 0.0392. The van der Waals surface area contributed by atoms with Crippen LogP contribution in [0.2, 0.25) is 0 Å². The van der Waals surface area contributed by atoms with Crippen LogP contribution < -0.4 is 0 Å². The van der Waals surface area contributed by atoms with Crippen LogP contribution in [0, 0.1) is 0 Å². The molecule has 0 amide bonds. The van der Waals surface area contributed by atoms with Gasteiger partial charge in [-0.05, 0) is 51.4 Å². The molecule has 0 rings (SSSR count). The molecule has 0 heterocycles. The van der Waals surface area contributed by atoms with Crippen LogP contribution in [-0.2, 0) is 23.8 Å². The van der Waals surface area contributed by atoms with Crippen molar-refractivity contribution in [1.29, 1.82) is 0 Å². The van der Waals surface area contributed by atoms with Crippen LogP contribution in [0.4, 0.5) is 0 Å². The van der Waals surface area contributed by atoms with Gasteiger partial charge in [-0.15, -0.1) is 6.58 Å². The number of esters is 2. The molecule has 0 fully saturated rings. The van der Waals surface area contributed by atoms with Crippen molar-refractivity contribution in [2.45, 2.75) is 154 Å². The zero-order valence-corrected chi connectivity index (χ0v) is 28.2. The van der Waals surface area contributed by atoms with Crippen molar-refractivity contribution in [3.05, 3.63) is 24.8 Å². The Balaban J connectivity index is 0. The average molecular weight is 629 g/mol. The van der Waals surface area contributed by atoms with E-state index >= 15 is 0 Å². The van der Waals surface area contributed by atoms with Gasteiger partial charge in [0.1, 0.15) is 19.3 Å². The Labute approximate surface area is 269 Å². The molecule has 0 saturated heterocycles. The molecule has 44 heavy (non-hydrogen) atoms. The summed E-state index contributed by atoms with van der Waals surface area (Å²) in [6.45, 7) is 6.39. The van der Waals surface area contributed by atoms with Crippen LogP contribution in [0.5, 0.6) is 0 Å². The fraction of sp³-hybridized carbons (Fsp3) is 0.833. The second kappa shape index (κ2) is 39.3. The van der Waals surface area contributed by atoms with E-state index < -0.39 is 6.10 Å². The fourth-order valence-electron chi connectivity index (χ4n) is 4.37. The molecule has 0 radical (unpaired) electrons. The molecule has 0 aliphatic carbocycles. The van der Waals surface area contributed by atoms with Crippen molar-refractivity contribution in [1.82, 2.24) is 0 Å². The van der Waals surface area contributed by atoms with Crippen LogP contribution in [0.15, 0.2) is 24.8 Å². The van der Waals surface area contributed by atoms with E-state index in [1.54, 1.807) is 0 Å². The monoisotopic (exact) mass is 628 g/mol. The minimum Gasteiger partial charge on any atom is -0.463 e. The van der Waals surface area contributed by atoms with E-state index in [1.807, 2.05) is 6.08 Å². The Hall–Kier alpha value is -1.74. The highest BCUT2D eigenvalue weighted by atomic mass is 16.6. The number of allylic oxidation sites excluding steroid dienone is 3. The van der Waals surface area contributed by atoms with Crippen molar-refractivity contribution >= 4 is 11.9 Å². The summed E-state index contributed by atoms with van der Waals surface area (Å²) in [4.78, 5) is 22.7. The maximum atomic E-state index is 11.5. The van der Waals surface area contributed by atoms with Crippen molar-refractivity contribution in [2.75, 3.05) is 39.6 Å². The molecule has 0 aliphatic heterocycles. The summed E-state index contributed by atoms with van der Waals surface area (Å²) in [5.41, 5.74) is 0. The zero-order valence-electron chi connectivity index (χ0n) is 28.2. The van der Waals surface area contributed by atoms with Gasteiger partial charge in [-0.25, -0.2) is 0 Å². The van der Waals surface area contributed by atoms with E-state index in [2.05, 4.69) is 25.7 Å². The molecule has 0 aromatic rings. The number of aliphatic hydroxyl groups excluding tert-OH is 3. The molecule has 0 aliphatic rings. The molecule has 1 unspecified atom stereocenters. The van der Waals surface area contributed by atoms with Gasteiger partial charge in [0.25, 0.3) is 0 Å². The summed E-state index contributed by atoms with van der Waals surface area (Å²) in [6, 6.07) is 0. The number of ether oxygens (including phenoxy) is 3. The molecular weight excluding hydrogens is 560 g/mol. The molecular formula is C36H68O8. The first-order valence-electron chi connectivity index (χ1n) is 17.6. The Bertz CT molecular complexity index is 638. The number of rotatable bonds is 32. The molecule has 0 bridgehead atoms. The second-order valence-electron chi connectivity index (χ2n) is 11.4. The minimum absolute atomic E-state index is 0.00284. The normalized spacial score (nSPS) is 11.6. The first-order valence-corrected chi connectivity index (χ1v) is 17.6. The van der Waals surface area contributed by atoms with Gasteiger partial charge in [0.15, 0.2) is 0 Å². The molecule has 260 valence electrons. The highest BCUT2D eigenvalue weighted by molar-refractivity contribution is 5.69. The third-order valence-electron chi connectivity index (χ3n) is 7.06. The van der Waals surface area contributed by atoms with Crippen LogP contribution in [0.25, 0.3) is 0 Å². The van der Waals surface area contributed by atoms with Gasteiger partial charge in [0.2, 0.25) is 0 Å². The maximum absolute atomic E-state index is 11.5. The van der Waals surface area contributed by atoms with Gasteiger partial charge in [-0.1, -0.05) is 102 Å². The van der Waals surface area contributed by atoms with Gasteiger partial charge in [-0.2, -0.15) is 0 Å². The van der Waals surface area contributed by atoms with Crippen LogP contribution in [0.1, 0.15) is 148 Å². The molecule has 1 atom stereocenters. The maximum Gasteiger partial charge on any atom is 0.305 e. The number of unbranched alkanes of at least 4 members (excludes halogenated alkanes) is 17. The van der Waals surface area contributed by atoms with E-state index in [0.29, 0.717) is 26.1 Å². The van der Waals surface area contributed by atoms with Crippen LogP contribution in [0.3, 0.4) is 0 Å². The summed E-state index contributed by atoms with van der Waals surface area (Å²) in [6.07, 6.45) is 30.6. The van der Waals surface area contributed by atoms with Crippen LogP contribution in [-0.4, -0.2) is 73.0 Å². The Morgan fingerprint density at radius 3 is 1.61 bits per heavy atom. The molecule has 0 saturated carbocycles. The predicted molar refractivity (Wildman–Crippen MR) is 180 cm³/mol. The predicted octanol–water partition coefficient (Wildman–Crippen LogP) is 7.77. The Kier molecular flexibility index (Phi) is 39.6. The SMILES string of the molecule is C=CCCCCCCCCC(=O)OCC(O)CO.CCCCCCCC/C=C\CCCCCCCC(=O)OCCOCCO. The molecule has 0 aromatic carbocycles. The standard InChI is InChI=1S/C22H42O4.C14H26O4/c1-2-3-4-5-6-7-8-9-10-11-12-13-14-15-16-17-22(24)26-21-20-25-19-18-23;1-2-3-4-5-6-7-8-9-10-14(17)18-12-13(16)11-15/h9-10,23H,2-8,11-21H2,1H3;2,13,15-16H,1,3-12H2/b10-9-;. The zero-order chi connectivity index (χ0) is 32.8. The van der Waals surface area contributed by atoms with Crippen molar-refractivity contribution in [3.63, 3.8) is 0 Å². The number of aliphatic hydroxyl groups is 3. The first-order chi connectivity index (χ1) is 21.5. The third-order valence-corrected chi connectivity index (χ3v) is 7.06. The smallest absolute Gasteiger partial charge is 0.305 e. The summed E-state index contributed by atoms with van der Waals surface area (Å²) < 4.78 is 14.9. The Morgan fingerprint density at radius 1 is 0.636 bits per heavy atom. The lowest BCUT2D eigenvalue weighted by atomic mass is 10.1. The lowest BCUT2D eigenvalue weighted by molar-refractivity contribution is -0.147. The molecule has 3 N–H and O–H groups in total. The van der Waals surface area contributed by atoms with Crippen molar-refractivity contribution < 1.29 is 39.1 Å². The van der Waals surface area contributed by atoms with E-state index in [-0.39, 0.29) is 38.4 Å². The summed E-state index contributed by atoms with van der Waals surface area (Å²) in [7, 11) is 0. The topological polar surface area (TPSA) is 123 Å². The summed E-state index contributed by atoms with van der Waals surface area (Å²) >= 11 is 0. The number of hydrogen-bond acceptors (Lipinski definition) is 8. The van der Waals surface area contributed by atoms with Gasteiger partial charge in [0, 0.05) is 12.8 Å². The average Bonchev–Trinajstić information content (AvgIpc) is 3.03. The van der Waals surface area contributed by atoms with Crippen molar-refractivity contribution in [2.24, 2.45) is 0 Å². The van der Waals surface area contributed by atoms with E-state index in [1.165, 1.54) is 89.9 Å². The van der Waals surface area contributed by atoms with Gasteiger partial charge < -0.3 is 29.5 Å². The molecule has 8 heteroatoms. The van der Waals surface area contributed by atoms with Gasteiger partial charge >= 0.3 is 11.9 Å². The molecule has 0 aromatic heterocycles.